The van der Waals surface area contributed by atoms with Crippen LogP contribution in [0.5, 0.6) is 0 Å². The molecule has 1 fully saturated rings. The molecule has 1 N–H and O–H groups in total. The average molecular weight is 383 g/mol. The van der Waals surface area contributed by atoms with Crippen LogP contribution in [0.25, 0.3) is 11.6 Å². The van der Waals surface area contributed by atoms with Gasteiger partial charge in [-0.3, -0.25) is 0 Å². The molecule has 0 radical (unpaired) electrons. The van der Waals surface area contributed by atoms with Crippen molar-refractivity contribution in [3.63, 3.8) is 0 Å². The maximum absolute atomic E-state index is 5.95. The van der Waals surface area contributed by atoms with Crippen LogP contribution in [0.2, 0.25) is 0 Å². The first-order valence-electron chi connectivity index (χ1n) is 6.98. The monoisotopic (exact) mass is 383 g/mol. The SMILES string of the molecule is CCc1nc(-c2ccc(C3CC3C)o2)nc(NC)c1I. The minimum atomic E-state index is 0.585. The van der Waals surface area contributed by atoms with E-state index in [0.29, 0.717) is 11.7 Å². The van der Waals surface area contributed by atoms with Crippen LogP contribution in [-0.4, -0.2) is 17.0 Å². The van der Waals surface area contributed by atoms with Gasteiger partial charge in [0.2, 0.25) is 0 Å². The van der Waals surface area contributed by atoms with Gasteiger partial charge in [-0.1, -0.05) is 13.8 Å². The normalized spacial score (nSPS) is 21.0. The molecule has 2 unspecified atom stereocenters. The van der Waals surface area contributed by atoms with E-state index in [2.05, 4.69) is 57.8 Å². The molecule has 0 spiro atoms. The summed E-state index contributed by atoms with van der Waals surface area (Å²) in [5.74, 6) is 4.70. The number of rotatable bonds is 4. The summed E-state index contributed by atoms with van der Waals surface area (Å²) in [5, 5.41) is 3.13. The Morgan fingerprint density at radius 3 is 2.75 bits per heavy atom. The second kappa shape index (κ2) is 5.35. The maximum atomic E-state index is 5.95. The molecule has 0 aromatic carbocycles. The summed E-state index contributed by atoms with van der Waals surface area (Å²) >= 11 is 2.29. The third kappa shape index (κ3) is 2.43. The van der Waals surface area contributed by atoms with Crippen LogP contribution in [-0.2, 0) is 6.42 Å². The van der Waals surface area contributed by atoms with Gasteiger partial charge in [-0.15, -0.1) is 0 Å². The Labute approximate surface area is 132 Å². The molecule has 2 aromatic rings. The standard InChI is InChI=1S/C15H18IN3O/c1-4-10-13(16)15(17-3)19-14(18-10)12-6-5-11(20-12)9-7-8(9)2/h5-6,8-9H,4,7H2,1-3H3,(H,17,18,19). The molecule has 5 heteroatoms. The van der Waals surface area contributed by atoms with Gasteiger partial charge < -0.3 is 9.73 Å². The van der Waals surface area contributed by atoms with E-state index in [9.17, 15) is 0 Å². The first-order chi connectivity index (χ1) is 9.63. The lowest BCUT2D eigenvalue weighted by atomic mass is 10.2. The van der Waals surface area contributed by atoms with Crippen molar-refractivity contribution >= 4 is 28.4 Å². The van der Waals surface area contributed by atoms with Gasteiger partial charge in [0, 0.05) is 13.0 Å². The largest absolute Gasteiger partial charge is 0.457 e. The number of nitrogens with zero attached hydrogens (tertiary/aromatic N) is 2. The van der Waals surface area contributed by atoms with Gasteiger partial charge in [-0.2, -0.15) is 0 Å². The number of hydrogen-bond donors (Lipinski definition) is 1. The Kier molecular flexibility index (Phi) is 3.70. The minimum Gasteiger partial charge on any atom is -0.457 e. The van der Waals surface area contributed by atoms with E-state index in [-0.39, 0.29) is 0 Å². The van der Waals surface area contributed by atoms with E-state index in [1.165, 1.54) is 6.42 Å². The number of anilines is 1. The van der Waals surface area contributed by atoms with Crippen molar-refractivity contribution < 1.29 is 4.42 Å². The highest BCUT2D eigenvalue weighted by molar-refractivity contribution is 14.1. The molecule has 3 rings (SSSR count). The Morgan fingerprint density at radius 2 is 2.15 bits per heavy atom. The summed E-state index contributed by atoms with van der Waals surface area (Å²) in [4.78, 5) is 9.19. The van der Waals surface area contributed by atoms with Gasteiger partial charge in [0.25, 0.3) is 0 Å². The lowest BCUT2D eigenvalue weighted by molar-refractivity contribution is 0.514. The molecule has 2 heterocycles. The third-order valence-electron chi connectivity index (χ3n) is 3.81. The number of hydrogen-bond acceptors (Lipinski definition) is 4. The zero-order chi connectivity index (χ0) is 14.3. The number of nitrogens with one attached hydrogen (secondary N) is 1. The molecule has 4 nitrogen and oxygen atoms in total. The van der Waals surface area contributed by atoms with Crippen LogP contribution < -0.4 is 5.32 Å². The van der Waals surface area contributed by atoms with Crippen LogP contribution in [0.3, 0.4) is 0 Å². The molecule has 2 aromatic heterocycles. The van der Waals surface area contributed by atoms with Crippen LogP contribution in [0, 0.1) is 9.49 Å². The molecule has 1 aliphatic carbocycles. The predicted octanol–water partition coefficient (Wildman–Crippen LogP) is 4.07. The Balaban J connectivity index is 1.98. The average Bonchev–Trinajstić information content (AvgIpc) is 3.00. The highest BCUT2D eigenvalue weighted by Gasteiger charge is 2.36. The van der Waals surface area contributed by atoms with Crippen LogP contribution in [0.15, 0.2) is 16.5 Å². The molecular weight excluding hydrogens is 365 g/mol. The molecule has 0 bridgehead atoms. The second-order valence-corrected chi connectivity index (χ2v) is 6.36. The molecule has 0 amide bonds. The van der Waals surface area contributed by atoms with Gasteiger partial charge in [0.15, 0.2) is 11.6 Å². The van der Waals surface area contributed by atoms with Crippen molar-refractivity contribution in [3.8, 4) is 11.6 Å². The molecule has 0 saturated heterocycles. The van der Waals surface area contributed by atoms with Crippen LogP contribution >= 0.6 is 22.6 Å². The molecule has 0 aliphatic heterocycles. The summed E-state index contributed by atoms with van der Waals surface area (Å²) in [5.41, 5.74) is 1.05. The molecule has 1 saturated carbocycles. The zero-order valence-electron chi connectivity index (χ0n) is 11.9. The lowest BCUT2D eigenvalue weighted by Crippen LogP contribution is -2.04. The van der Waals surface area contributed by atoms with Crippen molar-refractivity contribution in [3.05, 3.63) is 27.2 Å². The number of halogens is 1. The van der Waals surface area contributed by atoms with Gasteiger partial charge in [-0.05, 0) is 53.5 Å². The van der Waals surface area contributed by atoms with Crippen molar-refractivity contribution in [1.29, 1.82) is 0 Å². The maximum Gasteiger partial charge on any atom is 0.197 e. The van der Waals surface area contributed by atoms with E-state index in [0.717, 1.165) is 38.9 Å². The summed E-state index contributed by atoms with van der Waals surface area (Å²) in [6, 6.07) is 4.05. The highest BCUT2D eigenvalue weighted by Crippen LogP contribution is 2.47. The summed E-state index contributed by atoms with van der Waals surface area (Å²) < 4.78 is 7.03. The fourth-order valence-corrected chi connectivity index (χ4v) is 3.29. The molecule has 20 heavy (non-hydrogen) atoms. The van der Waals surface area contributed by atoms with Crippen molar-refractivity contribution in [2.24, 2.45) is 5.92 Å². The second-order valence-electron chi connectivity index (χ2n) is 5.28. The minimum absolute atomic E-state index is 0.585. The Bertz CT molecular complexity index is 613. The highest BCUT2D eigenvalue weighted by atomic mass is 127. The van der Waals surface area contributed by atoms with E-state index < -0.39 is 0 Å². The van der Waals surface area contributed by atoms with Gasteiger partial charge >= 0.3 is 0 Å². The van der Waals surface area contributed by atoms with Gasteiger partial charge in [-0.25, -0.2) is 9.97 Å². The molecule has 1 aliphatic rings. The van der Waals surface area contributed by atoms with Crippen molar-refractivity contribution in [2.45, 2.75) is 32.6 Å². The van der Waals surface area contributed by atoms with Crippen LogP contribution in [0.1, 0.15) is 37.6 Å². The van der Waals surface area contributed by atoms with Crippen LogP contribution in [0.4, 0.5) is 5.82 Å². The number of aryl methyl sites for hydroxylation is 1. The third-order valence-corrected chi connectivity index (χ3v) is 4.95. The summed E-state index contributed by atoms with van der Waals surface area (Å²) in [6.07, 6.45) is 2.11. The predicted molar refractivity (Wildman–Crippen MR) is 87.9 cm³/mol. The number of aromatic nitrogens is 2. The smallest absolute Gasteiger partial charge is 0.197 e. The Morgan fingerprint density at radius 1 is 1.40 bits per heavy atom. The lowest BCUT2D eigenvalue weighted by Gasteiger charge is -2.08. The quantitative estimate of drug-likeness (QED) is 0.809. The first kappa shape index (κ1) is 13.9. The fourth-order valence-electron chi connectivity index (χ4n) is 2.39. The van der Waals surface area contributed by atoms with Crippen molar-refractivity contribution in [2.75, 3.05) is 12.4 Å². The Hall–Kier alpha value is -1.11. The van der Waals surface area contributed by atoms with E-state index in [1.54, 1.807) is 0 Å². The van der Waals surface area contributed by atoms with E-state index >= 15 is 0 Å². The molecular formula is C15H18IN3O. The number of furan rings is 1. The van der Waals surface area contributed by atoms with Gasteiger partial charge in [0.1, 0.15) is 11.6 Å². The van der Waals surface area contributed by atoms with E-state index in [1.807, 2.05) is 13.1 Å². The van der Waals surface area contributed by atoms with Gasteiger partial charge in [0.05, 0.1) is 9.26 Å². The topological polar surface area (TPSA) is 51.0 Å². The van der Waals surface area contributed by atoms with Crippen molar-refractivity contribution in [1.82, 2.24) is 9.97 Å². The summed E-state index contributed by atoms with van der Waals surface area (Å²) in [6.45, 7) is 4.36. The zero-order valence-corrected chi connectivity index (χ0v) is 14.1. The summed E-state index contributed by atoms with van der Waals surface area (Å²) in [7, 11) is 1.88. The first-order valence-corrected chi connectivity index (χ1v) is 8.06. The fraction of sp³-hybridized carbons (Fsp3) is 0.467. The molecule has 2 atom stereocenters. The molecule has 106 valence electrons. The van der Waals surface area contributed by atoms with E-state index in [4.69, 9.17) is 4.42 Å².